The third-order valence-corrected chi connectivity index (χ3v) is 2.93. The first kappa shape index (κ1) is 14.6. The van der Waals surface area contributed by atoms with Crippen LogP contribution in [-0.2, 0) is 0 Å². The Kier molecular flexibility index (Phi) is 6.31. The van der Waals surface area contributed by atoms with Crippen molar-refractivity contribution in [1.29, 1.82) is 0 Å². The summed E-state index contributed by atoms with van der Waals surface area (Å²) in [6, 6.07) is 5.69. The van der Waals surface area contributed by atoms with Crippen LogP contribution in [-0.4, -0.2) is 24.2 Å². The van der Waals surface area contributed by atoms with E-state index in [9.17, 15) is 0 Å². The van der Waals surface area contributed by atoms with Crippen LogP contribution >= 0.6 is 11.8 Å². The summed E-state index contributed by atoms with van der Waals surface area (Å²) in [7, 11) is 0. The molecule has 0 bridgehead atoms. The molecule has 1 aromatic rings. The molecule has 4 heteroatoms. The van der Waals surface area contributed by atoms with E-state index in [0.717, 1.165) is 29.5 Å². The highest BCUT2D eigenvalue weighted by Crippen LogP contribution is 2.23. The highest BCUT2D eigenvalue weighted by molar-refractivity contribution is 7.99. The average Bonchev–Trinajstić information content (AvgIpc) is 2.27. The number of terminal acetylenes is 1. The molecule has 1 aromatic carbocycles. The summed E-state index contributed by atoms with van der Waals surface area (Å²) >= 11 is 1.73. The number of nitrogen functional groups attached to an aromatic ring is 1. The highest BCUT2D eigenvalue weighted by Gasteiger charge is 2.02. The first-order valence-electron chi connectivity index (χ1n) is 5.94. The van der Waals surface area contributed by atoms with Gasteiger partial charge in [0.15, 0.2) is 0 Å². The van der Waals surface area contributed by atoms with Gasteiger partial charge in [-0.25, -0.2) is 0 Å². The molecule has 0 aromatic heterocycles. The second-order valence-electron chi connectivity index (χ2n) is 4.14. The van der Waals surface area contributed by atoms with Crippen LogP contribution in [0.3, 0.4) is 0 Å². The number of hydrogen-bond donors (Lipinski definition) is 2. The number of ether oxygens (including phenoxy) is 1. The average molecular weight is 264 g/mol. The van der Waals surface area contributed by atoms with Crippen molar-refractivity contribution in [2.24, 2.45) is 0 Å². The Morgan fingerprint density at radius 3 is 2.89 bits per heavy atom. The van der Waals surface area contributed by atoms with Gasteiger partial charge in [-0.15, -0.1) is 18.2 Å². The fourth-order valence-electron chi connectivity index (χ4n) is 1.46. The van der Waals surface area contributed by atoms with E-state index in [-0.39, 0.29) is 6.10 Å². The fraction of sp³-hybridized carbons (Fsp3) is 0.429. The molecule has 3 N–H and O–H groups in total. The third kappa shape index (κ3) is 5.74. The van der Waals surface area contributed by atoms with Gasteiger partial charge in [-0.05, 0) is 19.9 Å². The molecule has 0 aliphatic rings. The molecule has 0 aliphatic heterocycles. The number of anilines is 2. The zero-order chi connectivity index (χ0) is 13.4. The van der Waals surface area contributed by atoms with E-state index in [1.54, 1.807) is 11.8 Å². The van der Waals surface area contributed by atoms with E-state index in [0.29, 0.717) is 5.69 Å². The first-order valence-corrected chi connectivity index (χ1v) is 7.09. The van der Waals surface area contributed by atoms with Crippen molar-refractivity contribution in [3.8, 4) is 18.1 Å². The molecular formula is C14H20N2OS. The summed E-state index contributed by atoms with van der Waals surface area (Å²) in [6.07, 6.45) is 5.33. The van der Waals surface area contributed by atoms with Crippen molar-refractivity contribution in [3.63, 3.8) is 0 Å². The van der Waals surface area contributed by atoms with Gasteiger partial charge in [0.2, 0.25) is 0 Å². The number of rotatable bonds is 7. The van der Waals surface area contributed by atoms with Gasteiger partial charge in [-0.1, -0.05) is 5.92 Å². The predicted octanol–water partition coefficient (Wildman–Crippen LogP) is 2.83. The van der Waals surface area contributed by atoms with Crippen LogP contribution in [0.25, 0.3) is 0 Å². The Labute approximate surface area is 113 Å². The van der Waals surface area contributed by atoms with Gasteiger partial charge in [0.25, 0.3) is 0 Å². The van der Waals surface area contributed by atoms with Crippen LogP contribution in [0.4, 0.5) is 11.4 Å². The minimum Gasteiger partial charge on any atom is -0.491 e. The molecule has 0 atom stereocenters. The van der Waals surface area contributed by atoms with Crippen LogP contribution in [0.15, 0.2) is 18.2 Å². The van der Waals surface area contributed by atoms with Crippen molar-refractivity contribution in [3.05, 3.63) is 18.2 Å². The summed E-state index contributed by atoms with van der Waals surface area (Å²) in [5, 5.41) is 3.31. The fourth-order valence-corrected chi connectivity index (χ4v) is 1.97. The number of nitrogens with two attached hydrogens (primary N) is 1. The summed E-state index contributed by atoms with van der Waals surface area (Å²) in [6.45, 7) is 4.84. The van der Waals surface area contributed by atoms with Crippen LogP contribution in [0, 0.1) is 12.3 Å². The molecule has 0 radical (unpaired) electrons. The van der Waals surface area contributed by atoms with E-state index in [2.05, 4.69) is 11.2 Å². The summed E-state index contributed by atoms with van der Waals surface area (Å²) in [4.78, 5) is 0. The maximum atomic E-state index is 5.84. The number of benzene rings is 1. The van der Waals surface area contributed by atoms with E-state index in [1.807, 2.05) is 32.0 Å². The molecule has 0 saturated carbocycles. The minimum atomic E-state index is 0.144. The quantitative estimate of drug-likeness (QED) is 0.452. The first-order chi connectivity index (χ1) is 8.61. The molecule has 18 heavy (non-hydrogen) atoms. The normalized spacial score (nSPS) is 10.1. The molecule has 0 aliphatic carbocycles. The maximum absolute atomic E-state index is 5.84. The third-order valence-electron chi connectivity index (χ3n) is 2.06. The van der Waals surface area contributed by atoms with E-state index < -0.39 is 0 Å². The van der Waals surface area contributed by atoms with Crippen molar-refractivity contribution >= 4 is 23.1 Å². The highest BCUT2D eigenvalue weighted by atomic mass is 32.2. The molecule has 0 amide bonds. The number of nitrogens with one attached hydrogen (secondary N) is 1. The summed E-state index contributed by atoms with van der Waals surface area (Å²) in [5.74, 6) is 5.12. The Hall–Kier alpha value is -1.47. The van der Waals surface area contributed by atoms with Crippen LogP contribution in [0.1, 0.15) is 13.8 Å². The van der Waals surface area contributed by atoms with Crippen LogP contribution in [0.5, 0.6) is 5.75 Å². The largest absolute Gasteiger partial charge is 0.491 e. The molecule has 0 saturated heterocycles. The zero-order valence-electron chi connectivity index (χ0n) is 10.9. The zero-order valence-corrected chi connectivity index (χ0v) is 11.7. The van der Waals surface area contributed by atoms with Crippen molar-refractivity contribution < 1.29 is 4.74 Å². The van der Waals surface area contributed by atoms with Crippen LogP contribution < -0.4 is 15.8 Å². The van der Waals surface area contributed by atoms with E-state index in [1.165, 1.54) is 0 Å². The van der Waals surface area contributed by atoms with Gasteiger partial charge < -0.3 is 15.8 Å². The van der Waals surface area contributed by atoms with Gasteiger partial charge in [-0.3, -0.25) is 0 Å². The van der Waals surface area contributed by atoms with Crippen molar-refractivity contribution in [1.82, 2.24) is 0 Å². The smallest absolute Gasteiger partial charge is 0.123 e. The van der Waals surface area contributed by atoms with Crippen LogP contribution in [0.2, 0.25) is 0 Å². The maximum Gasteiger partial charge on any atom is 0.123 e. The van der Waals surface area contributed by atoms with Gasteiger partial charge in [0.05, 0.1) is 11.9 Å². The molecule has 0 fully saturated rings. The second kappa shape index (κ2) is 7.78. The molecule has 0 heterocycles. The molecule has 98 valence electrons. The molecule has 0 unspecified atom stereocenters. The van der Waals surface area contributed by atoms with Crippen molar-refractivity contribution in [2.75, 3.05) is 29.1 Å². The summed E-state index contributed by atoms with van der Waals surface area (Å²) < 4.78 is 5.63. The van der Waals surface area contributed by atoms with Gasteiger partial charge >= 0.3 is 0 Å². The lowest BCUT2D eigenvalue weighted by atomic mass is 10.2. The van der Waals surface area contributed by atoms with Gasteiger partial charge in [-0.2, -0.15) is 0 Å². The topological polar surface area (TPSA) is 47.3 Å². The number of hydrogen-bond acceptors (Lipinski definition) is 4. The van der Waals surface area contributed by atoms with E-state index >= 15 is 0 Å². The van der Waals surface area contributed by atoms with Crippen molar-refractivity contribution in [2.45, 2.75) is 20.0 Å². The molecule has 3 nitrogen and oxygen atoms in total. The Balaban J connectivity index is 2.49. The second-order valence-corrected chi connectivity index (χ2v) is 5.25. The van der Waals surface area contributed by atoms with E-state index in [4.69, 9.17) is 16.9 Å². The molecule has 1 rings (SSSR count). The SMILES string of the molecule is C#CCSCCNc1cc(N)cc(OC(C)C)c1. The Morgan fingerprint density at radius 2 is 2.22 bits per heavy atom. The summed E-state index contributed by atoms with van der Waals surface area (Å²) in [5.41, 5.74) is 7.51. The monoisotopic (exact) mass is 264 g/mol. The standard InChI is InChI=1S/C14H20N2OS/c1-4-6-18-7-5-16-13-8-12(15)9-14(10-13)17-11(2)3/h1,8-11,16H,5-7,15H2,2-3H3. The lowest BCUT2D eigenvalue weighted by Gasteiger charge is -2.13. The lowest BCUT2D eigenvalue weighted by molar-refractivity contribution is 0.242. The molecular weight excluding hydrogens is 244 g/mol. The lowest BCUT2D eigenvalue weighted by Crippen LogP contribution is -2.08. The predicted molar refractivity (Wildman–Crippen MR) is 81.3 cm³/mol. The van der Waals surface area contributed by atoms with Gasteiger partial charge in [0.1, 0.15) is 5.75 Å². The molecule has 0 spiro atoms. The Morgan fingerprint density at radius 1 is 1.44 bits per heavy atom. The number of thioether (sulfide) groups is 1. The Bertz CT molecular complexity index is 413. The minimum absolute atomic E-state index is 0.144. The van der Waals surface area contributed by atoms with Gasteiger partial charge in [0, 0.05) is 35.8 Å².